The molecular formula is C22H30FN3OS. The maximum Gasteiger partial charge on any atom is 0.191 e. The molecule has 2 N–H and O–H groups in total. The number of hydrogen-bond donors (Lipinski definition) is 2. The molecule has 1 unspecified atom stereocenters. The van der Waals surface area contributed by atoms with Crippen molar-refractivity contribution in [2.45, 2.75) is 44.6 Å². The van der Waals surface area contributed by atoms with Crippen molar-refractivity contribution in [1.29, 1.82) is 0 Å². The van der Waals surface area contributed by atoms with Gasteiger partial charge in [0.2, 0.25) is 0 Å². The Morgan fingerprint density at radius 2 is 1.93 bits per heavy atom. The molecule has 6 heteroatoms. The van der Waals surface area contributed by atoms with Crippen molar-refractivity contribution in [3.8, 4) is 0 Å². The van der Waals surface area contributed by atoms with Crippen LogP contribution >= 0.6 is 11.3 Å². The second kappa shape index (κ2) is 9.52. The van der Waals surface area contributed by atoms with Crippen molar-refractivity contribution in [3.63, 3.8) is 0 Å². The lowest BCUT2D eigenvalue weighted by atomic mass is 9.74. The summed E-state index contributed by atoms with van der Waals surface area (Å²) in [7, 11) is 1.80. The second-order valence-electron chi connectivity index (χ2n) is 7.59. The van der Waals surface area contributed by atoms with E-state index in [0.717, 1.165) is 50.5 Å². The minimum absolute atomic E-state index is 0.0718. The average Bonchev–Trinajstić information content (AvgIpc) is 3.10. The molecule has 0 aliphatic carbocycles. The van der Waals surface area contributed by atoms with E-state index in [1.165, 1.54) is 9.75 Å². The van der Waals surface area contributed by atoms with Crippen molar-refractivity contribution in [3.05, 3.63) is 57.5 Å². The monoisotopic (exact) mass is 403 g/mol. The van der Waals surface area contributed by atoms with E-state index in [4.69, 9.17) is 4.74 Å². The topological polar surface area (TPSA) is 45.7 Å². The molecule has 152 valence electrons. The van der Waals surface area contributed by atoms with Crippen LogP contribution in [0.1, 0.15) is 35.1 Å². The third-order valence-corrected chi connectivity index (χ3v) is 6.43. The molecule has 1 aliphatic heterocycles. The Bertz CT molecular complexity index is 781. The van der Waals surface area contributed by atoms with Crippen molar-refractivity contribution < 1.29 is 9.13 Å². The predicted octanol–water partition coefficient (Wildman–Crippen LogP) is 4.04. The van der Waals surface area contributed by atoms with E-state index in [1.807, 2.05) is 23.5 Å². The fourth-order valence-electron chi connectivity index (χ4n) is 3.76. The highest BCUT2D eigenvalue weighted by molar-refractivity contribution is 7.11. The number of ether oxygens (including phenoxy) is 1. The summed E-state index contributed by atoms with van der Waals surface area (Å²) in [6.45, 7) is 6.49. The third kappa shape index (κ3) is 5.32. The molecule has 0 bridgehead atoms. The zero-order chi connectivity index (χ0) is 20.0. The number of hydrogen-bond acceptors (Lipinski definition) is 3. The summed E-state index contributed by atoms with van der Waals surface area (Å²) in [6.07, 6.45) is 2.79. The Labute approximate surface area is 171 Å². The number of aliphatic imine (C=N–C) groups is 1. The van der Waals surface area contributed by atoms with Crippen LogP contribution in [0.3, 0.4) is 0 Å². The molecule has 0 radical (unpaired) electrons. The second-order valence-corrected chi connectivity index (χ2v) is 8.96. The van der Waals surface area contributed by atoms with E-state index in [9.17, 15) is 4.39 Å². The molecule has 2 aromatic rings. The van der Waals surface area contributed by atoms with Gasteiger partial charge in [-0.3, -0.25) is 4.99 Å². The van der Waals surface area contributed by atoms with Crippen molar-refractivity contribution in [1.82, 2.24) is 10.6 Å². The van der Waals surface area contributed by atoms with Crippen LogP contribution in [0.2, 0.25) is 0 Å². The first kappa shape index (κ1) is 20.8. The standard InChI is InChI=1S/C22H30FN3OS/c1-16(14-20-9-4-17(2)28-20)26-21(24-3)25-15-22(10-12-27-13-11-22)18-5-7-19(23)8-6-18/h4-9,16H,10-15H2,1-3H3,(H2,24,25,26). The Morgan fingerprint density at radius 1 is 1.21 bits per heavy atom. The van der Waals surface area contributed by atoms with Gasteiger partial charge in [0.15, 0.2) is 5.96 Å². The Hall–Kier alpha value is -1.92. The molecule has 1 fully saturated rings. The summed E-state index contributed by atoms with van der Waals surface area (Å²) in [6, 6.07) is 11.5. The summed E-state index contributed by atoms with van der Waals surface area (Å²) >= 11 is 1.84. The van der Waals surface area contributed by atoms with Gasteiger partial charge in [0.05, 0.1) is 0 Å². The van der Waals surface area contributed by atoms with Crippen molar-refractivity contribution in [2.75, 3.05) is 26.8 Å². The molecule has 1 aliphatic rings. The summed E-state index contributed by atoms with van der Waals surface area (Å²) in [5.41, 5.74) is 1.08. The lowest BCUT2D eigenvalue weighted by molar-refractivity contribution is 0.0513. The van der Waals surface area contributed by atoms with Gasteiger partial charge in [-0.2, -0.15) is 0 Å². The van der Waals surface area contributed by atoms with Crippen LogP contribution in [-0.4, -0.2) is 38.8 Å². The molecule has 0 spiro atoms. The van der Waals surface area contributed by atoms with E-state index in [2.05, 4.69) is 41.6 Å². The van der Waals surface area contributed by atoms with Gasteiger partial charge in [0, 0.05) is 54.4 Å². The molecule has 1 aromatic heterocycles. The third-order valence-electron chi connectivity index (χ3n) is 5.41. The van der Waals surface area contributed by atoms with E-state index in [-0.39, 0.29) is 17.3 Å². The fraction of sp³-hybridized carbons (Fsp3) is 0.500. The highest BCUT2D eigenvalue weighted by Crippen LogP contribution is 2.34. The zero-order valence-electron chi connectivity index (χ0n) is 16.9. The number of rotatable bonds is 6. The van der Waals surface area contributed by atoms with Crippen molar-refractivity contribution in [2.24, 2.45) is 4.99 Å². The van der Waals surface area contributed by atoms with Gasteiger partial charge in [-0.05, 0) is 56.5 Å². The van der Waals surface area contributed by atoms with Crippen LogP contribution in [0.25, 0.3) is 0 Å². The molecular weight excluding hydrogens is 373 g/mol. The average molecular weight is 404 g/mol. The number of thiophene rings is 1. The summed E-state index contributed by atoms with van der Waals surface area (Å²) < 4.78 is 19.0. The molecule has 4 nitrogen and oxygen atoms in total. The number of nitrogens with zero attached hydrogens (tertiary/aromatic N) is 1. The molecule has 1 saturated heterocycles. The fourth-order valence-corrected chi connectivity index (χ4v) is 4.78. The van der Waals surface area contributed by atoms with Gasteiger partial charge in [0.1, 0.15) is 5.82 Å². The Balaban J connectivity index is 1.63. The number of halogens is 1. The Kier molecular flexibility index (Phi) is 7.08. The van der Waals surface area contributed by atoms with E-state index >= 15 is 0 Å². The molecule has 0 amide bonds. The maximum absolute atomic E-state index is 13.4. The van der Waals surface area contributed by atoms with Gasteiger partial charge in [0.25, 0.3) is 0 Å². The SMILES string of the molecule is CN=C(NCC1(c2ccc(F)cc2)CCOCC1)NC(C)Cc1ccc(C)s1. The zero-order valence-corrected chi connectivity index (χ0v) is 17.7. The molecule has 1 atom stereocenters. The maximum atomic E-state index is 13.4. The van der Waals surface area contributed by atoms with Gasteiger partial charge >= 0.3 is 0 Å². The molecule has 0 saturated carbocycles. The van der Waals surface area contributed by atoms with E-state index in [0.29, 0.717) is 0 Å². The van der Waals surface area contributed by atoms with Gasteiger partial charge in [-0.25, -0.2) is 4.39 Å². The van der Waals surface area contributed by atoms with Gasteiger partial charge in [-0.15, -0.1) is 11.3 Å². The van der Waals surface area contributed by atoms with Crippen LogP contribution in [0.4, 0.5) is 4.39 Å². The summed E-state index contributed by atoms with van der Waals surface area (Å²) in [5, 5.41) is 7.00. The smallest absolute Gasteiger partial charge is 0.191 e. The minimum atomic E-state index is -0.200. The summed E-state index contributed by atoms with van der Waals surface area (Å²) in [5.74, 6) is 0.600. The number of benzene rings is 1. The molecule has 3 rings (SSSR count). The first-order chi connectivity index (χ1) is 13.5. The number of aryl methyl sites for hydroxylation is 1. The molecule has 1 aromatic carbocycles. The van der Waals surface area contributed by atoms with E-state index < -0.39 is 0 Å². The normalized spacial score (nSPS) is 17.9. The number of nitrogens with one attached hydrogen (secondary N) is 2. The lowest BCUT2D eigenvalue weighted by Crippen LogP contribution is -2.50. The van der Waals surface area contributed by atoms with Crippen LogP contribution in [-0.2, 0) is 16.6 Å². The molecule has 28 heavy (non-hydrogen) atoms. The first-order valence-electron chi connectivity index (χ1n) is 9.87. The van der Waals surface area contributed by atoms with Crippen molar-refractivity contribution >= 4 is 17.3 Å². The Morgan fingerprint density at radius 3 is 2.54 bits per heavy atom. The minimum Gasteiger partial charge on any atom is -0.381 e. The van der Waals surface area contributed by atoms with E-state index in [1.54, 1.807) is 19.2 Å². The van der Waals surface area contributed by atoms with Gasteiger partial charge in [-0.1, -0.05) is 12.1 Å². The van der Waals surface area contributed by atoms with Crippen LogP contribution in [0.5, 0.6) is 0 Å². The van der Waals surface area contributed by atoms with Crippen LogP contribution < -0.4 is 10.6 Å². The predicted molar refractivity (Wildman–Crippen MR) is 115 cm³/mol. The molecule has 2 heterocycles. The van der Waals surface area contributed by atoms with Gasteiger partial charge < -0.3 is 15.4 Å². The highest BCUT2D eigenvalue weighted by Gasteiger charge is 2.34. The highest BCUT2D eigenvalue weighted by atomic mass is 32.1. The lowest BCUT2D eigenvalue weighted by Gasteiger charge is -2.38. The first-order valence-corrected chi connectivity index (χ1v) is 10.7. The van der Waals surface area contributed by atoms with Crippen LogP contribution in [0.15, 0.2) is 41.4 Å². The summed E-state index contributed by atoms with van der Waals surface area (Å²) in [4.78, 5) is 7.12. The van der Waals surface area contributed by atoms with Crippen LogP contribution in [0, 0.1) is 12.7 Å². The number of guanidine groups is 1. The quantitative estimate of drug-likeness (QED) is 0.565. The largest absolute Gasteiger partial charge is 0.381 e.